The number of carboxylic acids is 1. The highest BCUT2D eigenvalue weighted by molar-refractivity contribution is 7.62. The van der Waals surface area contributed by atoms with Gasteiger partial charge in [0.25, 0.3) is 0 Å². The molecule has 1 N–H and O–H groups in total. The van der Waals surface area contributed by atoms with Crippen LogP contribution in [0.4, 0.5) is 0 Å². The van der Waals surface area contributed by atoms with E-state index in [1.54, 1.807) is 0 Å². The van der Waals surface area contributed by atoms with Crippen LogP contribution in [0.5, 0.6) is 0 Å². The monoisotopic (exact) mass is 522 g/mol. The Balaban J connectivity index is 1.98. The van der Waals surface area contributed by atoms with E-state index < -0.39 is 19.0 Å². The van der Waals surface area contributed by atoms with Crippen LogP contribution in [0.1, 0.15) is 152 Å². The molecule has 0 aromatic heterocycles. The van der Waals surface area contributed by atoms with Crippen molar-refractivity contribution < 1.29 is 9.90 Å². The molecule has 3 aliphatic rings. The van der Waals surface area contributed by atoms with Gasteiger partial charge < -0.3 is 5.11 Å². The maximum Gasteiger partial charge on any atom is 0.318 e. The smallest absolute Gasteiger partial charge is 0.318 e. The lowest BCUT2D eigenvalue weighted by Gasteiger charge is -2.50. The molecule has 0 aliphatic heterocycles. The molecular formula is C34H51O2P. The zero-order valence-corrected chi connectivity index (χ0v) is 25.2. The van der Waals surface area contributed by atoms with Crippen molar-refractivity contribution in [3.63, 3.8) is 0 Å². The van der Waals surface area contributed by atoms with Crippen molar-refractivity contribution in [2.45, 2.75) is 146 Å². The van der Waals surface area contributed by atoms with E-state index in [1.807, 2.05) is 0 Å². The Morgan fingerprint density at radius 2 is 1.30 bits per heavy atom. The minimum Gasteiger partial charge on any atom is -0.480 e. The SMILES string of the molecule is CC(C)c1cc(C(C)C)c(C2=CC=CCC2(C(=O)O)P(C2CCCCC2)C2CCCCC2)c(C(C)C)c1. The van der Waals surface area contributed by atoms with E-state index in [4.69, 9.17) is 0 Å². The zero-order valence-electron chi connectivity index (χ0n) is 24.4. The Hall–Kier alpha value is -1.40. The maximum absolute atomic E-state index is 13.9. The average molecular weight is 523 g/mol. The Bertz CT molecular complexity index is 958. The highest BCUT2D eigenvalue weighted by atomic mass is 31.1. The third-order valence-electron chi connectivity index (χ3n) is 9.39. The Morgan fingerprint density at radius 3 is 1.70 bits per heavy atom. The molecule has 4 rings (SSSR count). The number of carbonyl (C=O) groups is 1. The minimum absolute atomic E-state index is 0.347. The van der Waals surface area contributed by atoms with Crippen LogP contribution in [0, 0.1) is 0 Å². The largest absolute Gasteiger partial charge is 0.480 e. The van der Waals surface area contributed by atoms with Crippen molar-refractivity contribution in [1.82, 2.24) is 0 Å². The molecule has 0 heterocycles. The lowest BCUT2D eigenvalue weighted by molar-refractivity contribution is -0.138. The van der Waals surface area contributed by atoms with Crippen LogP contribution in [0.15, 0.2) is 30.4 Å². The van der Waals surface area contributed by atoms with E-state index in [9.17, 15) is 9.90 Å². The number of benzene rings is 1. The van der Waals surface area contributed by atoms with Crippen molar-refractivity contribution in [1.29, 1.82) is 0 Å². The Kier molecular flexibility index (Phi) is 9.43. The van der Waals surface area contributed by atoms with Crippen LogP contribution in [0.3, 0.4) is 0 Å². The first-order valence-corrected chi connectivity index (χ1v) is 16.7. The van der Waals surface area contributed by atoms with Gasteiger partial charge in [0.15, 0.2) is 0 Å². The second kappa shape index (κ2) is 12.2. The van der Waals surface area contributed by atoms with E-state index in [2.05, 4.69) is 71.9 Å². The van der Waals surface area contributed by atoms with Crippen LogP contribution in [-0.4, -0.2) is 27.5 Å². The summed E-state index contributed by atoms with van der Waals surface area (Å²) in [6.45, 7) is 13.7. The van der Waals surface area contributed by atoms with Crippen molar-refractivity contribution in [2.75, 3.05) is 0 Å². The molecule has 1 aromatic rings. The molecule has 0 amide bonds. The van der Waals surface area contributed by atoms with Crippen LogP contribution >= 0.6 is 7.92 Å². The van der Waals surface area contributed by atoms with Gasteiger partial charge in [-0.3, -0.25) is 4.79 Å². The molecule has 0 saturated heterocycles. The van der Waals surface area contributed by atoms with E-state index >= 15 is 0 Å². The van der Waals surface area contributed by atoms with Crippen molar-refractivity contribution in [2.24, 2.45) is 0 Å². The van der Waals surface area contributed by atoms with E-state index in [0.717, 1.165) is 5.57 Å². The van der Waals surface area contributed by atoms with E-state index in [1.165, 1.54) is 86.5 Å². The van der Waals surface area contributed by atoms with Crippen LogP contribution in [0.25, 0.3) is 5.57 Å². The molecular weight excluding hydrogens is 471 g/mol. The summed E-state index contributed by atoms with van der Waals surface area (Å²) in [6.07, 6.45) is 19.9. The summed E-state index contributed by atoms with van der Waals surface area (Å²) < 4.78 is 0. The first-order chi connectivity index (χ1) is 17.7. The summed E-state index contributed by atoms with van der Waals surface area (Å²) in [4.78, 5) is 13.9. The van der Waals surface area contributed by atoms with Crippen molar-refractivity contribution >= 4 is 19.5 Å². The minimum atomic E-state index is -0.777. The first-order valence-electron chi connectivity index (χ1n) is 15.3. The Labute approximate surface area is 228 Å². The van der Waals surface area contributed by atoms with E-state index in [0.29, 0.717) is 35.5 Å². The normalized spacial score (nSPS) is 23.9. The van der Waals surface area contributed by atoms with Gasteiger partial charge in [0.2, 0.25) is 0 Å². The molecule has 1 atom stereocenters. The average Bonchev–Trinajstić information content (AvgIpc) is 2.89. The molecule has 2 fully saturated rings. The molecule has 3 aliphatic carbocycles. The molecule has 204 valence electrons. The molecule has 37 heavy (non-hydrogen) atoms. The van der Waals surface area contributed by atoms with Gasteiger partial charge in [0, 0.05) is 0 Å². The van der Waals surface area contributed by atoms with Crippen LogP contribution in [-0.2, 0) is 4.79 Å². The molecule has 2 nitrogen and oxygen atoms in total. The van der Waals surface area contributed by atoms with Gasteiger partial charge in [-0.15, -0.1) is 0 Å². The van der Waals surface area contributed by atoms with Crippen LogP contribution in [0.2, 0.25) is 0 Å². The molecule has 1 aromatic carbocycles. The van der Waals surface area contributed by atoms with Gasteiger partial charge in [-0.25, -0.2) is 0 Å². The fourth-order valence-electron chi connectivity index (χ4n) is 7.40. The number of hydrogen-bond acceptors (Lipinski definition) is 1. The summed E-state index contributed by atoms with van der Waals surface area (Å²) in [6, 6.07) is 4.82. The second-order valence-electron chi connectivity index (χ2n) is 12.9. The quantitative estimate of drug-likeness (QED) is 0.345. The molecule has 1 unspecified atom stereocenters. The number of aliphatic carboxylic acids is 1. The van der Waals surface area contributed by atoms with Gasteiger partial charge >= 0.3 is 5.97 Å². The second-order valence-corrected chi connectivity index (χ2v) is 15.9. The summed E-state index contributed by atoms with van der Waals surface area (Å²) in [5, 5.41) is 10.6. The number of hydrogen-bond donors (Lipinski definition) is 1. The number of allylic oxidation sites excluding steroid dienone is 3. The maximum atomic E-state index is 13.9. The van der Waals surface area contributed by atoms with Gasteiger partial charge in [-0.05, 0) is 89.0 Å². The molecule has 3 heteroatoms. The van der Waals surface area contributed by atoms with Gasteiger partial charge in [0.05, 0.1) is 0 Å². The predicted octanol–water partition coefficient (Wildman–Crippen LogP) is 10.4. The highest BCUT2D eigenvalue weighted by Crippen LogP contribution is 2.69. The third kappa shape index (κ3) is 5.66. The summed E-state index contributed by atoms with van der Waals surface area (Å²) in [5.41, 5.74) is 7.67. The third-order valence-corrected chi connectivity index (χ3v) is 13.5. The predicted molar refractivity (Wildman–Crippen MR) is 161 cm³/mol. The van der Waals surface area contributed by atoms with Gasteiger partial charge in [-0.2, -0.15) is 0 Å². The molecule has 0 bridgehead atoms. The summed E-state index contributed by atoms with van der Waals surface area (Å²) in [5.74, 6) is 0.595. The fraction of sp³-hybridized carbons (Fsp3) is 0.676. The van der Waals surface area contributed by atoms with Gasteiger partial charge in [0.1, 0.15) is 5.16 Å². The fourth-order valence-corrected chi connectivity index (χ4v) is 12.1. The molecule has 0 spiro atoms. The Morgan fingerprint density at radius 1 is 0.811 bits per heavy atom. The van der Waals surface area contributed by atoms with Crippen molar-refractivity contribution in [3.8, 4) is 0 Å². The van der Waals surface area contributed by atoms with Crippen LogP contribution < -0.4 is 0 Å². The van der Waals surface area contributed by atoms with Crippen molar-refractivity contribution in [3.05, 3.63) is 52.6 Å². The summed E-state index contributed by atoms with van der Waals surface area (Å²) in [7, 11) is -0.704. The summed E-state index contributed by atoms with van der Waals surface area (Å²) >= 11 is 0. The number of carboxylic acid groups (broad SMARTS) is 1. The van der Waals surface area contributed by atoms with E-state index in [-0.39, 0.29) is 0 Å². The zero-order chi connectivity index (χ0) is 26.7. The number of rotatable bonds is 8. The molecule has 0 radical (unpaired) electrons. The topological polar surface area (TPSA) is 37.3 Å². The lowest BCUT2D eigenvalue weighted by atomic mass is 9.76. The molecule has 2 saturated carbocycles. The highest BCUT2D eigenvalue weighted by Gasteiger charge is 2.54. The van der Waals surface area contributed by atoms with Gasteiger partial charge in [-0.1, -0.05) is 118 Å². The standard InChI is InChI=1S/C34H51O2P/c1-23(2)26-21-29(24(3)4)32(30(22-26)25(5)6)31-19-13-14-20-34(31,33(35)36)37(27-15-9-7-10-16-27)28-17-11-8-12-18-28/h13-14,19,21-25,27-28H,7-12,15-18,20H2,1-6H3,(H,35,36). The first kappa shape index (κ1) is 28.6. The lowest BCUT2D eigenvalue weighted by Crippen LogP contribution is -2.45.